The summed E-state index contributed by atoms with van der Waals surface area (Å²) in [6, 6.07) is 1.76. The first kappa shape index (κ1) is 9.19. The van der Waals surface area contributed by atoms with Crippen LogP contribution < -0.4 is 9.47 Å². The zero-order chi connectivity index (χ0) is 8.97. The highest BCUT2D eigenvalue weighted by atomic mass is 32.1. The predicted molar refractivity (Wildman–Crippen MR) is 50.0 cm³/mol. The summed E-state index contributed by atoms with van der Waals surface area (Å²) in [6.07, 6.45) is 1.67. The molecule has 0 saturated carbocycles. The molecule has 0 N–H and O–H groups in total. The summed E-state index contributed by atoms with van der Waals surface area (Å²) in [6.45, 7) is 0. The van der Waals surface area contributed by atoms with E-state index < -0.39 is 0 Å². The molecule has 0 radical (unpaired) electrons. The van der Waals surface area contributed by atoms with Gasteiger partial charge in [0.2, 0.25) is 0 Å². The maximum Gasteiger partial charge on any atom is 0.183 e. The van der Waals surface area contributed by atoms with Crippen LogP contribution >= 0.6 is 12.6 Å². The first-order chi connectivity index (χ1) is 5.83. The molecule has 0 aromatic carbocycles. The van der Waals surface area contributed by atoms with Crippen LogP contribution in [0.15, 0.2) is 12.3 Å². The summed E-state index contributed by atoms with van der Waals surface area (Å²) in [5.41, 5.74) is 0.792. The molecule has 0 aliphatic carbocycles. The van der Waals surface area contributed by atoms with Gasteiger partial charge in [-0.25, -0.2) is 0 Å². The normalized spacial score (nSPS) is 9.58. The highest BCUT2D eigenvalue weighted by Gasteiger charge is 2.08. The Morgan fingerprint density at radius 2 is 2.17 bits per heavy atom. The fourth-order valence-electron chi connectivity index (χ4n) is 0.963. The van der Waals surface area contributed by atoms with Gasteiger partial charge in [-0.3, -0.25) is 4.98 Å². The molecular weight excluding hydrogens is 174 g/mol. The van der Waals surface area contributed by atoms with Gasteiger partial charge in [-0.05, 0) is 0 Å². The number of ether oxygens (including phenoxy) is 2. The molecule has 0 atom stereocenters. The van der Waals surface area contributed by atoms with Crippen LogP contribution in [0.4, 0.5) is 0 Å². The van der Waals surface area contributed by atoms with Gasteiger partial charge in [0.25, 0.3) is 0 Å². The molecule has 0 aliphatic rings. The molecule has 3 nitrogen and oxygen atoms in total. The van der Waals surface area contributed by atoms with E-state index in [-0.39, 0.29) is 0 Å². The summed E-state index contributed by atoms with van der Waals surface area (Å²) >= 11 is 4.12. The van der Waals surface area contributed by atoms with E-state index in [0.717, 1.165) is 5.69 Å². The van der Waals surface area contributed by atoms with Crippen molar-refractivity contribution < 1.29 is 9.47 Å². The molecular formula is C8H11NO2S. The van der Waals surface area contributed by atoms with Crippen molar-refractivity contribution in [3.63, 3.8) is 0 Å². The lowest BCUT2D eigenvalue weighted by Crippen LogP contribution is -1.96. The van der Waals surface area contributed by atoms with E-state index in [1.165, 1.54) is 0 Å². The van der Waals surface area contributed by atoms with Crippen molar-refractivity contribution >= 4 is 12.6 Å². The van der Waals surface area contributed by atoms with E-state index in [0.29, 0.717) is 17.3 Å². The van der Waals surface area contributed by atoms with Gasteiger partial charge in [-0.2, -0.15) is 12.6 Å². The molecule has 0 saturated heterocycles. The standard InChI is InChI=1S/C8H11NO2S/c1-10-7-3-4-9-6(5-12)8(7)11-2/h3-4,12H,5H2,1-2H3. The highest BCUT2D eigenvalue weighted by Crippen LogP contribution is 2.29. The maximum absolute atomic E-state index is 5.12. The maximum atomic E-state index is 5.12. The quantitative estimate of drug-likeness (QED) is 0.724. The molecule has 0 unspecified atom stereocenters. The van der Waals surface area contributed by atoms with E-state index in [4.69, 9.17) is 9.47 Å². The first-order valence-corrected chi connectivity index (χ1v) is 4.13. The molecule has 0 amide bonds. The number of thiol groups is 1. The van der Waals surface area contributed by atoms with Crippen molar-refractivity contribution in [2.45, 2.75) is 5.75 Å². The molecule has 0 fully saturated rings. The fourth-order valence-corrected chi connectivity index (χ4v) is 1.19. The average molecular weight is 185 g/mol. The zero-order valence-electron chi connectivity index (χ0n) is 7.07. The average Bonchev–Trinajstić information content (AvgIpc) is 2.16. The van der Waals surface area contributed by atoms with Crippen LogP contribution in [-0.4, -0.2) is 19.2 Å². The predicted octanol–water partition coefficient (Wildman–Crippen LogP) is 1.53. The number of hydrogen-bond acceptors (Lipinski definition) is 4. The van der Waals surface area contributed by atoms with Crippen molar-refractivity contribution in [3.8, 4) is 11.5 Å². The summed E-state index contributed by atoms with van der Waals surface area (Å²) in [5.74, 6) is 1.90. The van der Waals surface area contributed by atoms with E-state index in [9.17, 15) is 0 Å². The Morgan fingerprint density at radius 1 is 1.42 bits per heavy atom. The largest absolute Gasteiger partial charge is 0.493 e. The van der Waals surface area contributed by atoms with Gasteiger partial charge in [0.05, 0.1) is 19.9 Å². The summed E-state index contributed by atoms with van der Waals surface area (Å²) in [5, 5.41) is 0. The number of nitrogens with zero attached hydrogens (tertiary/aromatic N) is 1. The Bertz CT molecular complexity index is 243. The van der Waals surface area contributed by atoms with Gasteiger partial charge >= 0.3 is 0 Å². The third-order valence-electron chi connectivity index (χ3n) is 1.52. The molecule has 1 heterocycles. The van der Waals surface area contributed by atoms with E-state index in [2.05, 4.69) is 17.6 Å². The van der Waals surface area contributed by atoms with Gasteiger partial charge in [0, 0.05) is 18.0 Å². The number of methoxy groups -OCH3 is 2. The summed E-state index contributed by atoms with van der Waals surface area (Å²) in [7, 11) is 3.19. The Kier molecular flexibility index (Phi) is 3.22. The van der Waals surface area contributed by atoms with Gasteiger partial charge in [-0.1, -0.05) is 0 Å². The SMILES string of the molecule is COc1ccnc(CS)c1OC. The van der Waals surface area contributed by atoms with Gasteiger partial charge in [-0.15, -0.1) is 0 Å². The van der Waals surface area contributed by atoms with Crippen molar-refractivity contribution in [2.75, 3.05) is 14.2 Å². The second-order valence-electron chi connectivity index (χ2n) is 2.15. The highest BCUT2D eigenvalue weighted by molar-refractivity contribution is 7.79. The number of hydrogen-bond donors (Lipinski definition) is 1. The van der Waals surface area contributed by atoms with Gasteiger partial charge in [0.15, 0.2) is 11.5 Å². The van der Waals surface area contributed by atoms with Crippen LogP contribution in [0.3, 0.4) is 0 Å². The summed E-state index contributed by atoms with van der Waals surface area (Å²) in [4.78, 5) is 4.10. The third-order valence-corrected chi connectivity index (χ3v) is 1.82. The Morgan fingerprint density at radius 3 is 2.67 bits per heavy atom. The minimum atomic E-state index is 0.542. The minimum Gasteiger partial charge on any atom is -0.493 e. The van der Waals surface area contributed by atoms with Crippen LogP contribution in [0, 0.1) is 0 Å². The Labute approximate surface area is 77.1 Å². The van der Waals surface area contributed by atoms with Gasteiger partial charge in [0.1, 0.15) is 0 Å². The smallest absolute Gasteiger partial charge is 0.183 e. The molecule has 0 aliphatic heterocycles. The monoisotopic (exact) mass is 185 g/mol. The third kappa shape index (κ3) is 1.64. The molecule has 4 heteroatoms. The van der Waals surface area contributed by atoms with E-state index in [1.54, 1.807) is 26.5 Å². The van der Waals surface area contributed by atoms with Crippen molar-refractivity contribution in [3.05, 3.63) is 18.0 Å². The number of rotatable bonds is 3. The second-order valence-corrected chi connectivity index (χ2v) is 2.47. The fraction of sp³-hybridized carbons (Fsp3) is 0.375. The Hall–Kier alpha value is -0.900. The van der Waals surface area contributed by atoms with Gasteiger partial charge < -0.3 is 9.47 Å². The van der Waals surface area contributed by atoms with Crippen molar-refractivity contribution in [2.24, 2.45) is 0 Å². The molecule has 66 valence electrons. The lowest BCUT2D eigenvalue weighted by Gasteiger charge is -2.09. The van der Waals surface area contributed by atoms with Crippen molar-refractivity contribution in [1.82, 2.24) is 4.98 Å². The van der Waals surface area contributed by atoms with E-state index in [1.807, 2.05) is 0 Å². The minimum absolute atomic E-state index is 0.542. The zero-order valence-corrected chi connectivity index (χ0v) is 7.97. The molecule has 1 rings (SSSR count). The van der Waals surface area contributed by atoms with Crippen LogP contribution in [0.2, 0.25) is 0 Å². The molecule has 0 spiro atoms. The van der Waals surface area contributed by atoms with E-state index >= 15 is 0 Å². The first-order valence-electron chi connectivity index (χ1n) is 3.50. The Balaban J connectivity index is 3.13. The summed E-state index contributed by atoms with van der Waals surface area (Å²) < 4.78 is 10.2. The van der Waals surface area contributed by atoms with Crippen LogP contribution in [0.5, 0.6) is 11.5 Å². The lowest BCUT2D eigenvalue weighted by molar-refractivity contribution is 0.350. The van der Waals surface area contributed by atoms with Crippen LogP contribution in [0.25, 0.3) is 0 Å². The second kappa shape index (κ2) is 4.21. The van der Waals surface area contributed by atoms with Crippen LogP contribution in [0.1, 0.15) is 5.69 Å². The van der Waals surface area contributed by atoms with Crippen molar-refractivity contribution in [1.29, 1.82) is 0 Å². The topological polar surface area (TPSA) is 31.4 Å². The molecule has 0 bridgehead atoms. The number of pyridine rings is 1. The van der Waals surface area contributed by atoms with Crippen LogP contribution in [-0.2, 0) is 5.75 Å². The number of aromatic nitrogens is 1. The molecule has 1 aromatic heterocycles. The molecule has 1 aromatic rings. The molecule has 12 heavy (non-hydrogen) atoms. The lowest BCUT2D eigenvalue weighted by atomic mass is 10.3.